The number of halogens is 3. The Morgan fingerprint density at radius 3 is 2.53 bits per heavy atom. The summed E-state index contributed by atoms with van der Waals surface area (Å²) in [6.07, 6.45) is -3.72. The highest BCUT2D eigenvalue weighted by Gasteiger charge is 2.51. The van der Waals surface area contributed by atoms with Gasteiger partial charge in [-0.15, -0.1) is 13.2 Å². The van der Waals surface area contributed by atoms with Gasteiger partial charge in [0.1, 0.15) is 18.8 Å². The predicted octanol–water partition coefficient (Wildman–Crippen LogP) is 0.747. The SMILES string of the molecule is CC(C)[C@@H](O)C(=O)N1CC2CCCC2C1C(=O)NC(CC1CCNC1=O)C(=O)COC(F)(F)F. The minimum atomic E-state index is -5.02. The van der Waals surface area contributed by atoms with Crippen LogP contribution in [-0.4, -0.2) is 77.8 Å². The fourth-order valence-electron chi connectivity index (χ4n) is 5.26. The summed E-state index contributed by atoms with van der Waals surface area (Å²) in [6, 6.07) is -2.32. The molecule has 5 unspecified atom stereocenters. The molecule has 0 aromatic rings. The average molecular weight is 492 g/mol. The molecule has 3 aliphatic rings. The van der Waals surface area contributed by atoms with E-state index in [1.54, 1.807) is 13.8 Å². The zero-order valence-electron chi connectivity index (χ0n) is 19.3. The molecule has 2 aliphatic heterocycles. The van der Waals surface area contributed by atoms with E-state index in [0.29, 0.717) is 25.9 Å². The summed E-state index contributed by atoms with van der Waals surface area (Å²) in [7, 11) is 0. The van der Waals surface area contributed by atoms with Crippen molar-refractivity contribution in [3.63, 3.8) is 0 Å². The summed E-state index contributed by atoms with van der Waals surface area (Å²) in [5, 5.41) is 15.4. The van der Waals surface area contributed by atoms with Crippen LogP contribution in [0.1, 0.15) is 46.0 Å². The van der Waals surface area contributed by atoms with Crippen molar-refractivity contribution in [1.29, 1.82) is 0 Å². The lowest BCUT2D eigenvalue weighted by Gasteiger charge is -2.31. The number of ketones is 1. The molecule has 1 aliphatic carbocycles. The fourth-order valence-corrected chi connectivity index (χ4v) is 5.26. The topological polar surface area (TPSA) is 125 Å². The van der Waals surface area contributed by atoms with Crippen molar-refractivity contribution >= 4 is 23.5 Å². The Morgan fingerprint density at radius 2 is 1.94 bits per heavy atom. The van der Waals surface area contributed by atoms with E-state index in [4.69, 9.17) is 0 Å². The molecule has 0 aromatic carbocycles. The standard InChI is InChI=1S/C22H32F3N3O6/c1-11(2)18(30)21(33)28-9-13-4-3-5-14(13)17(28)20(32)27-15(8-12-6-7-26-19(12)31)16(29)10-34-22(23,24)25/h11-15,17-18,30H,3-10H2,1-2H3,(H,26,31)(H,27,32)/t12?,13?,14?,15?,17?,18-/m1/s1. The molecular formula is C22H32F3N3O6. The van der Waals surface area contributed by atoms with Crippen molar-refractivity contribution in [1.82, 2.24) is 15.5 Å². The summed E-state index contributed by atoms with van der Waals surface area (Å²) >= 11 is 0. The van der Waals surface area contributed by atoms with Gasteiger partial charge < -0.3 is 20.6 Å². The van der Waals surface area contributed by atoms with Crippen LogP contribution in [0.5, 0.6) is 0 Å². The molecule has 3 N–H and O–H groups in total. The second-order valence-electron chi connectivity index (χ2n) is 9.75. The largest absolute Gasteiger partial charge is 0.522 e. The van der Waals surface area contributed by atoms with Crippen molar-refractivity contribution in [3.8, 4) is 0 Å². The Hall–Kier alpha value is -2.21. The molecule has 2 heterocycles. The van der Waals surface area contributed by atoms with Crippen LogP contribution >= 0.6 is 0 Å². The van der Waals surface area contributed by atoms with Gasteiger partial charge >= 0.3 is 6.36 Å². The third-order valence-corrected chi connectivity index (χ3v) is 7.09. The molecule has 1 saturated carbocycles. The summed E-state index contributed by atoms with van der Waals surface area (Å²) in [4.78, 5) is 52.2. The first-order chi connectivity index (χ1) is 15.9. The molecule has 34 heavy (non-hydrogen) atoms. The number of likely N-dealkylation sites (tertiary alicyclic amines) is 1. The normalized spacial score (nSPS) is 28.6. The second kappa shape index (κ2) is 10.6. The number of carbonyl (C=O) groups excluding carboxylic acids is 4. The number of hydrogen-bond donors (Lipinski definition) is 3. The number of amides is 3. The monoisotopic (exact) mass is 491 g/mol. The van der Waals surface area contributed by atoms with Crippen LogP contribution in [0.4, 0.5) is 13.2 Å². The number of aliphatic hydroxyl groups is 1. The van der Waals surface area contributed by atoms with Gasteiger partial charge in [0.25, 0.3) is 5.91 Å². The van der Waals surface area contributed by atoms with Crippen molar-refractivity contribution in [2.45, 2.75) is 70.5 Å². The zero-order valence-corrected chi connectivity index (χ0v) is 19.3. The molecule has 6 atom stereocenters. The van der Waals surface area contributed by atoms with Crippen LogP contribution < -0.4 is 10.6 Å². The Balaban J connectivity index is 1.78. The summed E-state index contributed by atoms with van der Waals surface area (Å²) < 4.78 is 41.1. The lowest BCUT2D eigenvalue weighted by Crippen LogP contribution is -2.55. The van der Waals surface area contributed by atoms with E-state index >= 15 is 0 Å². The molecule has 192 valence electrons. The number of ether oxygens (including phenoxy) is 1. The lowest BCUT2D eigenvalue weighted by molar-refractivity contribution is -0.321. The molecule has 3 fully saturated rings. The molecule has 9 nitrogen and oxygen atoms in total. The Labute approximate surface area is 195 Å². The molecular weight excluding hydrogens is 459 g/mol. The second-order valence-corrected chi connectivity index (χ2v) is 9.75. The van der Waals surface area contributed by atoms with Crippen LogP contribution in [0.25, 0.3) is 0 Å². The van der Waals surface area contributed by atoms with Crippen molar-refractivity contribution in [3.05, 3.63) is 0 Å². The lowest BCUT2D eigenvalue weighted by atomic mass is 9.92. The van der Waals surface area contributed by atoms with Crippen LogP contribution in [0.15, 0.2) is 0 Å². The number of carbonyl (C=O) groups is 4. The highest BCUT2D eigenvalue weighted by Crippen LogP contribution is 2.42. The van der Waals surface area contributed by atoms with Gasteiger partial charge in [-0.1, -0.05) is 20.3 Å². The summed E-state index contributed by atoms with van der Waals surface area (Å²) in [5.41, 5.74) is 0. The number of hydrogen-bond acceptors (Lipinski definition) is 6. The molecule has 3 rings (SSSR count). The predicted molar refractivity (Wildman–Crippen MR) is 112 cm³/mol. The van der Waals surface area contributed by atoms with E-state index in [2.05, 4.69) is 15.4 Å². The van der Waals surface area contributed by atoms with E-state index in [1.165, 1.54) is 4.90 Å². The molecule has 12 heteroatoms. The van der Waals surface area contributed by atoms with Gasteiger partial charge in [0.2, 0.25) is 11.8 Å². The maximum atomic E-state index is 13.4. The summed E-state index contributed by atoms with van der Waals surface area (Å²) in [5.74, 6) is -3.69. The highest BCUT2D eigenvalue weighted by molar-refractivity contribution is 5.95. The molecule has 0 aromatic heterocycles. The van der Waals surface area contributed by atoms with Crippen LogP contribution in [0.3, 0.4) is 0 Å². The maximum Gasteiger partial charge on any atom is 0.522 e. The minimum absolute atomic E-state index is 0.0717. The smallest absolute Gasteiger partial charge is 0.383 e. The van der Waals surface area contributed by atoms with Crippen LogP contribution in [0.2, 0.25) is 0 Å². The molecule has 2 saturated heterocycles. The minimum Gasteiger partial charge on any atom is -0.383 e. The van der Waals surface area contributed by atoms with E-state index in [9.17, 15) is 37.5 Å². The number of fused-ring (bicyclic) bond motifs is 1. The molecule has 0 spiro atoms. The van der Waals surface area contributed by atoms with Gasteiger partial charge in [-0.25, -0.2) is 0 Å². The van der Waals surface area contributed by atoms with Crippen molar-refractivity contribution in [2.75, 3.05) is 19.7 Å². The summed E-state index contributed by atoms with van der Waals surface area (Å²) in [6.45, 7) is 2.73. The Kier molecular flexibility index (Phi) is 8.22. The highest BCUT2D eigenvalue weighted by atomic mass is 19.4. The molecule has 0 bridgehead atoms. The van der Waals surface area contributed by atoms with Crippen LogP contribution in [-0.2, 0) is 23.9 Å². The first-order valence-electron chi connectivity index (χ1n) is 11.7. The third-order valence-electron chi connectivity index (χ3n) is 7.09. The van der Waals surface area contributed by atoms with Crippen molar-refractivity contribution in [2.24, 2.45) is 23.7 Å². The number of rotatable bonds is 9. The van der Waals surface area contributed by atoms with Gasteiger partial charge in [-0.05, 0) is 43.4 Å². The maximum absolute atomic E-state index is 13.4. The molecule has 0 radical (unpaired) electrons. The Morgan fingerprint density at radius 1 is 1.24 bits per heavy atom. The quantitative estimate of drug-likeness (QED) is 0.437. The van der Waals surface area contributed by atoms with E-state index in [-0.39, 0.29) is 30.1 Å². The number of alkyl halides is 3. The van der Waals surface area contributed by atoms with Gasteiger partial charge in [0.15, 0.2) is 5.78 Å². The van der Waals surface area contributed by atoms with Crippen molar-refractivity contribution < 1.29 is 42.2 Å². The zero-order chi connectivity index (χ0) is 25.2. The van der Waals surface area contributed by atoms with E-state index < -0.39 is 54.7 Å². The van der Waals surface area contributed by atoms with Gasteiger partial charge in [0, 0.05) is 19.0 Å². The average Bonchev–Trinajstić information content (AvgIpc) is 3.45. The van der Waals surface area contributed by atoms with Gasteiger partial charge in [0.05, 0.1) is 6.04 Å². The number of aliphatic hydroxyl groups excluding tert-OH is 1. The first-order valence-corrected chi connectivity index (χ1v) is 11.7. The number of Topliss-reactive ketones (excluding diaryl/α,β-unsaturated/α-hetero) is 1. The van der Waals surface area contributed by atoms with E-state index in [0.717, 1.165) is 12.8 Å². The van der Waals surface area contributed by atoms with Gasteiger partial charge in [-0.2, -0.15) is 0 Å². The molecule has 3 amide bonds. The third kappa shape index (κ3) is 6.07. The number of nitrogens with zero attached hydrogens (tertiary/aromatic N) is 1. The first kappa shape index (κ1) is 26.4. The Bertz CT molecular complexity index is 805. The van der Waals surface area contributed by atoms with Crippen LogP contribution in [0, 0.1) is 23.7 Å². The fraction of sp³-hybridized carbons (Fsp3) is 0.818. The van der Waals surface area contributed by atoms with E-state index in [1.807, 2.05) is 0 Å². The number of nitrogens with one attached hydrogen (secondary N) is 2. The van der Waals surface area contributed by atoms with Gasteiger partial charge in [-0.3, -0.25) is 23.9 Å².